The molecule has 0 amide bonds. The first-order valence-corrected chi connectivity index (χ1v) is 10.4. The molecule has 3 aliphatic heterocycles. The number of hydrogen-bond acceptors (Lipinski definition) is 12. The second kappa shape index (κ2) is 8.80. The van der Waals surface area contributed by atoms with E-state index in [4.69, 9.17) is 23.7 Å². The summed E-state index contributed by atoms with van der Waals surface area (Å²) in [6.45, 7) is 0.750. The summed E-state index contributed by atoms with van der Waals surface area (Å²) in [7, 11) is 1.20. The maximum absolute atomic E-state index is 12.4. The number of allylic oxidation sites excluding steroid dienone is 1. The van der Waals surface area contributed by atoms with E-state index >= 15 is 0 Å². The van der Waals surface area contributed by atoms with Crippen LogP contribution in [0.1, 0.15) is 6.92 Å². The zero-order valence-electron chi connectivity index (χ0n) is 17.8. The maximum atomic E-state index is 12.4. The van der Waals surface area contributed by atoms with Gasteiger partial charge in [0.15, 0.2) is 11.9 Å². The van der Waals surface area contributed by atoms with E-state index in [1.54, 1.807) is 12.2 Å². The van der Waals surface area contributed by atoms with Gasteiger partial charge in [-0.3, -0.25) is 0 Å². The van der Waals surface area contributed by atoms with Gasteiger partial charge >= 0.3 is 11.9 Å². The minimum absolute atomic E-state index is 0.0149. The van der Waals surface area contributed by atoms with Gasteiger partial charge in [-0.25, -0.2) is 9.59 Å². The van der Waals surface area contributed by atoms with Crippen LogP contribution in [0.25, 0.3) is 0 Å². The van der Waals surface area contributed by atoms with E-state index in [0.717, 1.165) is 6.26 Å². The molecule has 10 atom stereocenters. The van der Waals surface area contributed by atoms with Gasteiger partial charge in [0.2, 0.25) is 6.29 Å². The Kier molecular flexibility index (Phi) is 6.35. The number of aliphatic hydroxyl groups excluding tert-OH is 5. The number of aliphatic hydroxyl groups is 5. The predicted octanol–water partition coefficient (Wildman–Crippen LogP) is -2.38. The van der Waals surface area contributed by atoms with Gasteiger partial charge in [-0.05, 0) is 19.1 Å². The molecular weight excluding hydrogens is 444 g/mol. The van der Waals surface area contributed by atoms with Crippen LogP contribution in [0.3, 0.4) is 0 Å². The number of esters is 2. The lowest BCUT2D eigenvalue weighted by Gasteiger charge is -2.44. The molecule has 33 heavy (non-hydrogen) atoms. The van der Waals surface area contributed by atoms with Crippen molar-refractivity contribution in [3.63, 3.8) is 0 Å². The molecule has 4 rings (SSSR count). The van der Waals surface area contributed by atoms with Crippen LogP contribution in [0.15, 0.2) is 35.6 Å². The second-order valence-electron chi connectivity index (χ2n) is 8.33. The molecule has 182 valence electrons. The Balaban J connectivity index is 1.67. The molecule has 12 nitrogen and oxygen atoms in total. The SMILES string of the molecule is COC(=O)C1=CO[C@@H](O[C@@H]2O[C@H](CO)[C@@H](O)[C@H](O)[C@H]2O)[C@H]2[C@@H]1C=C[C@]21C=C([C@H](C)O)C(=O)O1. The highest BCUT2D eigenvalue weighted by molar-refractivity contribution is 5.94. The van der Waals surface area contributed by atoms with E-state index in [9.17, 15) is 35.1 Å². The second-order valence-corrected chi connectivity index (χ2v) is 8.33. The third kappa shape index (κ3) is 3.87. The van der Waals surface area contributed by atoms with Gasteiger partial charge in [0.1, 0.15) is 24.4 Å². The number of methoxy groups -OCH3 is 1. The first kappa shape index (κ1) is 23.8. The summed E-state index contributed by atoms with van der Waals surface area (Å²) in [5, 5.41) is 49.8. The van der Waals surface area contributed by atoms with Crippen molar-refractivity contribution in [1.82, 2.24) is 0 Å². The van der Waals surface area contributed by atoms with Crippen LogP contribution in [-0.4, -0.2) is 99.9 Å². The number of ether oxygens (including phenoxy) is 5. The Morgan fingerprint density at radius 2 is 1.94 bits per heavy atom. The molecular formula is C21H26O12. The highest BCUT2D eigenvalue weighted by Crippen LogP contribution is 2.50. The van der Waals surface area contributed by atoms with Crippen molar-refractivity contribution >= 4 is 11.9 Å². The quantitative estimate of drug-likeness (QED) is 0.213. The lowest BCUT2D eigenvalue weighted by atomic mass is 9.78. The fourth-order valence-corrected chi connectivity index (χ4v) is 4.57. The summed E-state index contributed by atoms with van der Waals surface area (Å²) in [5.74, 6) is -3.03. The summed E-state index contributed by atoms with van der Waals surface area (Å²) in [6, 6.07) is 0. The van der Waals surface area contributed by atoms with Crippen molar-refractivity contribution in [2.45, 2.75) is 55.6 Å². The fourth-order valence-electron chi connectivity index (χ4n) is 4.57. The summed E-state index contributed by atoms with van der Waals surface area (Å²) < 4.78 is 27.2. The number of hydrogen-bond donors (Lipinski definition) is 5. The zero-order valence-corrected chi connectivity index (χ0v) is 17.8. The zero-order chi connectivity index (χ0) is 24.1. The first-order chi connectivity index (χ1) is 15.6. The summed E-state index contributed by atoms with van der Waals surface area (Å²) in [4.78, 5) is 24.7. The third-order valence-corrected chi connectivity index (χ3v) is 6.33. The molecule has 0 aromatic heterocycles. The third-order valence-electron chi connectivity index (χ3n) is 6.33. The van der Waals surface area contributed by atoms with Crippen LogP contribution in [0, 0.1) is 11.8 Å². The minimum Gasteiger partial charge on any atom is -0.471 e. The van der Waals surface area contributed by atoms with E-state index in [1.807, 2.05) is 0 Å². The smallest absolute Gasteiger partial charge is 0.337 e. The lowest BCUT2D eigenvalue weighted by Crippen LogP contribution is -2.60. The van der Waals surface area contributed by atoms with Gasteiger partial charge in [0, 0.05) is 5.92 Å². The van der Waals surface area contributed by atoms with Crippen LogP contribution in [0.2, 0.25) is 0 Å². The van der Waals surface area contributed by atoms with E-state index in [0.29, 0.717) is 0 Å². The topological polar surface area (TPSA) is 181 Å². The molecule has 1 fully saturated rings. The summed E-state index contributed by atoms with van der Waals surface area (Å²) >= 11 is 0. The maximum Gasteiger partial charge on any atom is 0.337 e. The van der Waals surface area contributed by atoms with E-state index < -0.39 is 79.1 Å². The minimum atomic E-state index is -1.70. The van der Waals surface area contributed by atoms with Crippen molar-refractivity contribution in [1.29, 1.82) is 0 Å². The standard InChI is InChI=1S/C21H26O12/c1-8(23)10-5-21(33-18(10)28)4-3-9-11(17(27)29-2)7-30-19(13(9)21)32-20-16(26)15(25)14(24)12(6-22)31-20/h3-5,7-9,12-16,19-20,22-26H,6H2,1-2H3/t8-,9+,12+,13+,14+,15-,16+,19-,20-,21-/m0/s1. The average Bonchev–Trinajstić information content (AvgIpc) is 3.34. The molecule has 0 aromatic rings. The monoisotopic (exact) mass is 470 g/mol. The number of carbonyl (C=O) groups excluding carboxylic acids is 2. The molecule has 4 aliphatic rings. The predicted molar refractivity (Wildman–Crippen MR) is 105 cm³/mol. The van der Waals surface area contributed by atoms with E-state index in [2.05, 4.69) is 0 Å². The summed E-state index contributed by atoms with van der Waals surface area (Å²) in [5.41, 5.74) is -1.30. The average molecular weight is 470 g/mol. The normalized spacial score (nSPS) is 42.8. The van der Waals surface area contributed by atoms with Gasteiger partial charge in [-0.15, -0.1) is 0 Å². The molecule has 1 spiro atoms. The van der Waals surface area contributed by atoms with Crippen LogP contribution in [0.5, 0.6) is 0 Å². The molecule has 5 N–H and O–H groups in total. The number of rotatable bonds is 5. The summed E-state index contributed by atoms with van der Waals surface area (Å²) in [6.07, 6.45) is -4.38. The van der Waals surface area contributed by atoms with Crippen molar-refractivity contribution in [2.24, 2.45) is 11.8 Å². The van der Waals surface area contributed by atoms with Gasteiger partial charge < -0.3 is 49.2 Å². The van der Waals surface area contributed by atoms with Crippen LogP contribution < -0.4 is 0 Å². The molecule has 1 aliphatic carbocycles. The molecule has 0 saturated carbocycles. The molecule has 12 heteroatoms. The molecule has 3 heterocycles. The Bertz CT molecular complexity index is 892. The highest BCUT2D eigenvalue weighted by Gasteiger charge is 2.59. The molecule has 1 saturated heterocycles. The van der Waals surface area contributed by atoms with Gasteiger partial charge in [0.05, 0.1) is 43.1 Å². The van der Waals surface area contributed by atoms with Gasteiger partial charge in [0.25, 0.3) is 0 Å². The number of fused-ring (bicyclic) bond motifs is 2. The fraction of sp³-hybridized carbons (Fsp3) is 0.619. The van der Waals surface area contributed by atoms with E-state index in [-0.39, 0.29) is 11.1 Å². The molecule has 0 unspecified atom stereocenters. The Labute approximate surface area is 188 Å². The van der Waals surface area contributed by atoms with Crippen LogP contribution in [-0.2, 0) is 33.3 Å². The van der Waals surface area contributed by atoms with Crippen LogP contribution >= 0.6 is 0 Å². The highest BCUT2D eigenvalue weighted by atomic mass is 16.8. The van der Waals surface area contributed by atoms with Crippen LogP contribution in [0.4, 0.5) is 0 Å². The van der Waals surface area contributed by atoms with Gasteiger partial charge in [-0.2, -0.15) is 0 Å². The number of carbonyl (C=O) groups is 2. The Morgan fingerprint density at radius 1 is 1.21 bits per heavy atom. The van der Waals surface area contributed by atoms with Crippen molar-refractivity contribution in [3.05, 3.63) is 35.6 Å². The van der Waals surface area contributed by atoms with Gasteiger partial charge in [-0.1, -0.05) is 6.08 Å². The van der Waals surface area contributed by atoms with E-state index in [1.165, 1.54) is 20.1 Å². The largest absolute Gasteiger partial charge is 0.471 e. The molecule has 0 aromatic carbocycles. The molecule has 0 radical (unpaired) electrons. The Morgan fingerprint density at radius 3 is 2.55 bits per heavy atom. The van der Waals surface area contributed by atoms with Crippen molar-refractivity contribution < 1.29 is 58.8 Å². The van der Waals surface area contributed by atoms with Crippen molar-refractivity contribution in [3.8, 4) is 0 Å². The lowest BCUT2D eigenvalue weighted by molar-refractivity contribution is -0.344. The first-order valence-electron chi connectivity index (χ1n) is 10.4. The van der Waals surface area contributed by atoms with Crippen molar-refractivity contribution in [2.75, 3.05) is 13.7 Å². The Hall–Kier alpha value is -2.32. The molecule has 0 bridgehead atoms.